The van der Waals surface area contributed by atoms with E-state index in [-0.39, 0.29) is 0 Å². The van der Waals surface area contributed by atoms with Crippen LogP contribution in [0.25, 0.3) is 0 Å². The van der Waals surface area contributed by atoms with Gasteiger partial charge in [0.25, 0.3) is 0 Å². The predicted molar refractivity (Wildman–Crippen MR) is 70.9 cm³/mol. The summed E-state index contributed by atoms with van der Waals surface area (Å²) in [4.78, 5) is 0. The van der Waals surface area contributed by atoms with Crippen LogP contribution in [0.2, 0.25) is 0 Å². The summed E-state index contributed by atoms with van der Waals surface area (Å²) in [7, 11) is 1.95. The minimum absolute atomic E-state index is 0.781. The van der Waals surface area contributed by atoms with Crippen molar-refractivity contribution in [1.29, 1.82) is 0 Å². The van der Waals surface area contributed by atoms with E-state index in [1.165, 1.54) is 11.3 Å². The van der Waals surface area contributed by atoms with Crippen molar-refractivity contribution in [3.8, 4) is 0 Å². The molecule has 0 radical (unpaired) electrons. The summed E-state index contributed by atoms with van der Waals surface area (Å²) in [5, 5.41) is 7.59. The summed E-state index contributed by atoms with van der Waals surface area (Å²) in [5.41, 5.74) is 11.2. The molecule has 4 nitrogen and oxygen atoms in total. The Hall–Kier alpha value is -1.97. The summed E-state index contributed by atoms with van der Waals surface area (Å²) in [5.74, 6) is 0. The van der Waals surface area contributed by atoms with Gasteiger partial charge in [-0.05, 0) is 37.6 Å². The van der Waals surface area contributed by atoms with Crippen molar-refractivity contribution in [2.75, 3.05) is 11.1 Å². The van der Waals surface area contributed by atoms with Gasteiger partial charge in [-0.25, -0.2) is 0 Å². The lowest BCUT2D eigenvalue weighted by Gasteiger charge is -2.08. The fourth-order valence-corrected chi connectivity index (χ4v) is 1.70. The predicted octanol–water partition coefficient (Wildman–Crippen LogP) is 2.23. The van der Waals surface area contributed by atoms with Gasteiger partial charge in [-0.1, -0.05) is 0 Å². The van der Waals surface area contributed by atoms with Crippen molar-refractivity contribution in [3.05, 3.63) is 41.2 Å². The third-order valence-electron chi connectivity index (χ3n) is 3.09. The number of aryl methyl sites for hydroxylation is 2. The van der Waals surface area contributed by atoms with E-state index in [2.05, 4.69) is 23.4 Å². The largest absolute Gasteiger partial charge is 0.399 e. The van der Waals surface area contributed by atoms with Gasteiger partial charge >= 0.3 is 0 Å². The van der Waals surface area contributed by atoms with E-state index in [4.69, 9.17) is 5.73 Å². The monoisotopic (exact) mass is 230 g/mol. The fraction of sp³-hybridized carbons (Fsp3) is 0.308. The van der Waals surface area contributed by atoms with Gasteiger partial charge in [0.1, 0.15) is 0 Å². The van der Waals surface area contributed by atoms with Gasteiger partial charge < -0.3 is 11.1 Å². The Balaban J connectivity index is 2.07. The van der Waals surface area contributed by atoms with E-state index in [1.54, 1.807) is 0 Å². The molecule has 0 fully saturated rings. The molecule has 17 heavy (non-hydrogen) atoms. The molecule has 0 aliphatic rings. The molecule has 0 spiro atoms. The standard InChI is InChI=1S/C13H18N4/c1-9-6-12(4-5-13(9)14)15-7-11-8-16-17(3)10(11)2/h4-6,8,15H,7,14H2,1-3H3. The molecule has 90 valence electrons. The fourth-order valence-electron chi connectivity index (χ4n) is 1.70. The molecule has 1 heterocycles. The highest BCUT2D eigenvalue weighted by Crippen LogP contribution is 2.17. The van der Waals surface area contributed by atoms with Crippen LogP contribution >= 0.6 is 0 Å². The maximum atomic E-state index is 5.78. The first-order valence-corrected chi connectivity index (χ1v) is 5.65. The summed E-state index contributed by atoms with van der Waals surface area (Å²) in [6.45, 7) is 4.86. The molecule has 0 aliphatic carbocycles. The summed E-state index contributed by atoms with van der Waals surface area (Å²) < 4.78 is 1.88. The molecule has 0 bridgehead atoms. The van der Waals surface area contributed by atoms with Gasteiger partial charge in [-0.2, -0.15) is 5.10 Å². The SMILES string of the molecule is Cc1cc(NCc2cnn(C)c2C)ccc1N. The molecule has 1 aromatic carbocycles. The van der Waals surface area contributed by atoms with Gasteiger partial charge in [-0.15, -0.1) is 0 Å². The first kappa shape index (κ1) is 11.5. The molecule has 3 N–H and O–H groups in total. The number of aromatic nitrogens is 2. The lowest BCUT2D eigenvalue weighted by atomic mass is 10.2. The lowest BCUT2D eigenvalue weighted by Crippen LogP contribution is -2.02. The number of benzene rings is 1. The number of hydrogen-bond donors (Lipinski definition) is 2. The van der Waals surface area contributed by atoms with Crippen molar-refractivity contribution in [2.45, 2.75) is 20.4 Å². The second-order valence-electron chi connectivity index (χ2n) is 4.30. The number of rotatable bonds is 3. The van der Waals surface area contributed by atoms with Crippen molar-refractivity contribution >= 4 is 11.4 Å². The Labute approximate surface area is 101 Å². The van der Waals surface area contributed by atoms with Crippen LogP contribution in [0.4, 0.5) is 11.4 Å². The molecule has 0 amide bonds. The highest BCUT2D eigenvalue weighted by molar-refractivity contribution is 5.56. The zero-order chi connectivity index (χ0) is 12.4. The van der Waals surface area contributed by atoms with Crippen LogP contribution < -0.4 is 11.1 Å². The lowest BCUT2D eigenvalue weighted by molar-refractivity contribution is 0.738. The maximum Gasteiger partial charge on any atom is 0.0542 e. The van der Waals surface area contributed by atoms with Gasteiger partial charge in [0.05, 0.1) is 6.20 Å². The summed E-state index contributed by atoms with van der Waals surface area (Å²) in [6, 6.07) is 5.98. The molecule has 2 rings (SSSR count). The molecule has 0 saturated carbocycles. The van der Waals surface area contributed by atoms with Crippen molar-refractivity contribution < 1.29 is 0 Å². The number of nitrogens with zero attached hydrogens (tertiary/aromatic N) is 2. The number of anilines is 2. The average Bonchev–Trinajstić information content (AvgIpc) is 2.62. The Morgan fingerprint density at radius 1 is 1.35 bits per heavy atom. The molecular formula is C13H18N4. The first-order chi connectivity index (χ1) is 8.08. The van der Waals surface area contributed by atoms with Gasteiger partial charge in [0, 0.05) is 36.2 Å². The van der Waals surface area contributed by atoms with Gasteiger partial charge in [0.2, 0.25) is 0 Å². The Bertz CT molecular complexity index is 528. The number of nitrogen functional groups attached to an aromatic ring is 1. The van der Waals surface area contributed by atoms with E-state index in [9.17, 15) is 0 Å². The molecular weight excluding hydrogens is 212 g/mol. The zero-order valence-corrected chi connectivity index (χ0v) is 10.5. The van der Waals surface area contributed by atoms with Gasteiger partial charge in [0.15, 0.2) is 0 Å². The first-order valence-electron chi connectivity index (χ1n) is 5.65. The second-order valence-corrected chi connectivity index (χ2v) is 4.30. The Kier molecular flexibility index (Phi) is 3.04. The van der Waals surface area contributed by atoms with E-state index in [0.29, 0.717) is 0 Å². The molecule has 0 atom stereocenters. The van der Waals surface area contributed by atoms with Crippen LogP contribution in [0.1, 0.15) is 16.8 Å². The smallest absolute Gasteiger partial charge is 0.0542 e. The highest BCUT2D eigenvalue weighted by atomic mass is 15.3. The average molecular weight is 230 g/mol. The van der Waals surface area contributed by atoms with Crippen LogP contribution in [0.3, 0.4) is 0 Å². The van der Waals surface area contributed by atoms with Crippen molar-refractivity contribution in [1.82, 2.24) is 9.78 Å². The van der Waals surface area contributed by atoms with E-state index in [0.717, 1.165) is 23.5 Å². The summed E-state index contributed by atoms with van der Waals surface area (Å²) in [6.07, 6.45) is 1.90. The second kappa shape index (κ2) is 4.49. The summed E-state index contributed by atoms with van der Waals surface area (Å²) >= 11 is 0. The Morgan fingerprint density at radius 3 is 2.71 bits per heavy atom. The van der Waals surface area contributed by atoms with Gasteiger partial charge in [-0.3, -0.25) is 4.68 Å². The minimum atomic E-state index is 0.781. The molecule has 1 aromatic heterocycles. The van der Waals surface area contributed by atoms with Crippen LogP contribution in [0.15, 0.2) is 24.4 Å². The Morgan fingerprint density at radius 2 is 2.12 bits per heavy atom. The van der Waals surface area contributed by atoms with E-state index in [1.807, 2.05) is 37.0 Å². The molecule has 0 unspecified atom stereocenters. The van der Waals surface area contributed by atoms with Crippen LogP contribution in [-0.4, -0.2) is 9.78 Å². The van der Waals surface area contributed by atoms with E-state index >= 15 is 0 Å². The number of hydrogen-bond acceptors (Lipinski definition) is 3. The topological polar surface area (TPSA) is 55.9 Å². The molecule has 0 saturated heterocycles. The third-order valence-corrected chi connectivity index (χ3v) is 3.09. The quantitative estimate of drug-likeness (QED) is 0.795. The van der Waals surface area contributed by atoms with Crippen molar-refractivity contribution in [3.63, 3.8) is 0 Å². The molecule has 0 aliphatic heterocycles. The molecule has 4 heteroatoms. The normalized spacial score (nSPS) is 10.5. The number of nitrogens with one attached hydrogen (secondary N) is 1. The minimum Gasteiger partial charge on any atom is -0.399 e. The highest BCUT2D eigenvalue weighted by Gasteiger charge is 2.03. The van der Waals surface area contributed by atoms with Crippen LogP contribution in [0.5, 0.6) is 0 Å². The third kappa shape index (κ3) is 2.41. The number of nitrogens with two attached hydrogens (primary N) is 1. The van der Waals surface area contributed by atoms with Crippen LogP contribution in [-0.2, 0) is 13.6 Å². The van der Waals surface area contributed by atoms with E-state index < -0.39 is 0 Å². The maximum absolute atomic E-state index is 5.78. The zero-order valence-electron chi connectivity index (χ0n) is 10.5. The van der Waals surface area contributed by atoms with Crippen LogP contribution in [0, 0.1) is 13.8 Å². The molecule has 2 aromatic rings. The van der Waals surface area contributed by atoms with Crippen molar-refractivity contribution in [2.24, 2.45) is 7.05 Å².